The summed E-state index contributed by atoms with van der Waals surface area (Å²) in [4.78, 5) is 0. The van der Waals surface area contributed by atoms with E-state index in [0.717, 1.165) is 0 Å². The smallest absolute Gasteiger partial charge is 0.0699 e. The normalized spacial score (nSPS) is 6.40. The molecule has 5 heavy (non-hydrogen) atoms. The number of hydrogen-bond donors (Lipinski definition) is 0. The Labute approximate surface area is 36.9 Å². The van der Waals surface area contributed by atoms with Gasteiger partial charge >= 0.3 is 0 Å². The van der Waals surface area contributed by atoms with Gasteiger partial charge in [0.15, 0.2) is 0 Å². The van der Waals surface area contributed by atoms with E-state index in [9.17, 15) is 0 Å². The molecule has 0 saturated heterocycles. The first-order chi connectivity index (χ1) is 2.41. The molecular formula is C3H5NS. The maximum absolute atomic E-state index is 4.20. The van der Waals surface area contributed by atoms with E-state index >= 15 is 0 Å². The van der Waals surface area contributed by atoms with Crippen molar-refractivity contribution in [2.24, 2.45) is 4.36 Å². The highest BCUT2D eigenvalue weighted by atomic mass is 32.1. The first kappa shape index (κ1) is 4.76. The fraction of sp³-hybridized carbons (Fsp3) is 0.333. The first-order valence-corrected chi connectivity index (χ1v) is 1.68. The molecule has 0 unspecified atom stereocenters. The Kier molecular flexibility index (Phi) is 3.58. The Bertz CT molecular complexity index is 36.2. The summed E-state index contributed by atoms with van der Waals surface area (Å²) in [6.07, 6.45) is 1.66. The van der Waals surface area contributed by atoms with E-state index < -0.39 is 0 Å². The average molecular weight is 87.1 g/mol. The third-order valence-corrected chi connectivity index (χ3v) is 0.353. The lowest BCUT2D eigenvalue weighted by Crippen LogP contribution is -1.58. The summed E-state index contributed by atoms with van der Waals surface area (Å²) >= 11 is 4.20. The molecular weight excluding hydrogens is 82.1 g/mol. The summed E-state index contributed by atoms with van der Waals surface area (Å²) in [5.41, 5.74) is 0. The molecule has 28 valence electrons. The van der Waals surface area contributed by atoms with E-state index in [1.54, 1.807) is 6.08 Å². The van der Waals surface area contributed by atoms with Gasteiger partial charge in [-0.2, -0.15) is 0 Å². The molecule has 2 heteroatoms. The number of nitrogens with zero attached hydrogens (tertiary/aromatic N) is 1. The van der Waals surface area contributed by atoms with Crippen molar-refractivity contribution in [2.75, 3.05) is 6.54 Å². The van der Waals surface area contributed by atoms with Crippen LogP contribution in [0.15, 0.2) is 17.0 Å². The van der Waals surface area contributed by atoms with Crippen LogP contribution in [0.25, 0.3) is 0 Å². The molecule has 0 fully saturated rings. The van der Waals surface area contributed by atoms with Crippen LogP contribution in [-0.2, 0) is 12.4 Å². The number of hydrogen-bond acceptors (Lipinski definition) is 2. The van der Waals surface area contributed by atoms with Gasteiger partial charge in [0.1, 0.15) is 0 Å². The zero-order chi connectivity index (χ0) is 4.12. The summed E-state index contributed by atoms with van der Waals surface area (Å²) in [5.74, 6) is 0. The summed E-state index contributed by atoms with van der Waals surface area (Å²) in [5, 5.41) is 0. The molecule has 1 nitrogen and oxygen atoms in total. The van der Waals surface area contributed by atoms with Crippen LogP contribution in [0.5, 0.6) is 0 Å². The highest BCUT2D eigenvalue weighted by Gasteiger charge is 1.54. The van der Waals surface area contributed by atoms with Crippen molar-refractivity contribution in [1.29, 1.82) is 0 Å². The molecule has 0 N–H and O–H groups in total. The molecule has 0 aromatic heterocycles. The lowest BCUT2D eigenvalue weighted by Gasteiger charge is -1.63. The van der Waals surface area contributed by atoms with Crippen LogP contribution in [-0.4, -0.2) is 6.54 Å². The van der Waals surface area contributed by atoms with E-state index in [-0.39, 0.29) is 0 Å². The van der Waals surface area contributed by atoms with E-state index in [1.807, 2.05) is 0 Å². The molecule has 0 bridgehead atoms. The predicted molar refractivity (Wildman–Crippen MR) is 24.9 cm³/mol. The van der Waals surface area contributed by atoms with Crippen LogP contribution in [0, 0.1) is 0 Å². The van der Waals surface area contributed by atoms with Gasteiger partial charge in [0.05, 0.1) is 6.54 Å². The lowest BCUT2D eigenvalue weighted by molar-refractivity contribution is 1.30. The second kappa shape index (κ2) is 3.76. The first-order valence-electron chi connectivity index (χ1n) is 1.32. The van der Waals surface area contributed by atoms with Gasteiger partial charge < -0.3 is 0 Å². The maximum atomic E-state index is 4.20. The largest absolute Gasteiger partial charge is 0.215 e. The highest BCUT2D eigenvalue weighted by Crippen LogP contribution is 1.61. The van der Waals surface area contributed by atoms with E-state index in [2.05, 4.69) is 23.4 Å². The molecule has 0 aliphatic rings. The van der Waals surface area contributed by atoms with E-state index in [0.29, 0.717) is 6.54 Å². The number of rotatable bonds is 2. The van der Waals surface area contributed by atoms with Crippen molar-refractivity contribution < 1.29 is 0 Å². The van der Waals surface area contributed by atoms with Crippen LogP contribution in [0.4, 0.5) is 0 Å². The Morgan fingerprint density at radius 1 is 2.00 bits per heavy atom. The maximum Gasteiger partial charge on any atom is 0.0699 e. The monoisotopic (exact) mass is 87.0 g/mol. The molecule has 0 rings (SSSR count). The average Bonchev–Trinajstić information content (AvgIpc) is 1.41. The summed E-state index contributed by atoms with van der Waals surface area (Å²) in [6.45, 7) is 3.98. The lowest BCUT2D eigenvalue weighted by atomic mass is 10.7. The van der Waals surface area contributed by atoms with E-state index in [1.165, 1.54) is 0 Å². The second-order valence-corrected chi connectivity index (χ2v) is 0.859. The van der Waals surface area contributed by atoms with Crippen LogP contribution in [0.2, 0.25) is 0 Å². The second-order valence-electron chi connectivity index (χ2n) is 0.600. The topological polar surface area (TPSA) is 12.4 Å². The SMILES string of the molecule is C=CCN=S. The Balaban J connectivity index is 2.65. The molecule has 0 saturated carbocycles. The molecule has 0 radical (unpaired) electrons. The molecule has 0 spiro atoms. The van der Waals surface area contributed by atoms with Gasteiger partial charge in [-0.05, 0) is 0 Å². The minimum Gasteiger partial charge on any atom is -0.215 e. The minimum atomic E-state index is 0.593. The molecule has 0 aromatic rings. The Hall–Kier alpha value is -0.240. The van der Waals surface area contributed by atoms with Gasteiger partial charge in [0, 0.05) is 12.4 Å². The third-order valence-electron chi connectivity index (χ3n) is 0.204. The Morgan fingerprint density at radius 2 is 2.60 bits per heavy atom. The van der Waals surface area contributed by atoms with Crippen LogP contribution in [0.3, 0.4) is 0 Å². The molecule has 0 aliphatic heterocycles. The van der Waals surface area contributed by atoms with Crippen LogP contribution in [0.1, 0.15) is 0 Å². The van der Waals surface area contributed by atoms with Gasteiger partial charge in [0.2, 0.25) is 0 Å². The fourth-order valence-electron chi connectivity index (χ4n) is 0.0527. The molecule has 0 aromatic carbocycles. The zero-order valence-electron chi connectivity index (χ0n) is 2.85. The van der Waals surface area contributed by atoms with Crippen molar-refractivity contribution >= 4 is 12.4 Å². The summed E-state index contributed by atoms with van der Waals surface area (Å²) in [7, 11) is 0. The van der Waals surface area contributed by atoms with Gasteiger partial charge in [-0.25, -0.2) is 4.36 Å². The standard InChI is InChI=1S/C3H5NS/c1-2-3-4-5/h2H,1,3H2. The van der Waals surface area contributed by atoms with Crippen molar-refractivity contribution in [3.8, 4) is 0 Å². The van der Waals surface area contributed by atoms with Crippen molar-refractivity contribution in [2.45, 2.75) is 0 Å². The van der Waals surface area contributed by atoms with Gasteiger partial charge in [-0.15, -0.1) is 6.58 Å². The minimum absolute atomic E-state index is 0.593. The van der Waals surface area contributed by atoms with Gasteiger partial charge in [-0.1, -0.05) is 6.08 Å². The van der Waals surface area contributed by atoms with Crippen LogP contribution >= 0.6 is 0 Å². The highest BCUT2D eigenvalue weighted by molar-refractivity contribution is 7.47. The van der Waals surface area contributed by atoms with Crippen molar-refractivity contribution in [3.63, 3.8) is 0 Å². The van der Waals surface area contributed by atoms with Crippen molar-refractivity contribution in [1.82, 2.24) is 0 Å². The third kappa shape index (κ3) is 3.76. The summed E-state index contributed by atoms with van der Waals surface area (Å²) in [6, 6.07) is 0. The summed E-state index contributed by atoms with van der Waals surface area (Å²) < 4.78 is 3.32. The predicted octanol–water partition coefficient (Wildman–Crippen LogP) is 0.903. The zero-order valence-corrected chi connectivity index (χ0v) is 3.66. The van der Waals surface area contributed by atoms with Crippen molar-refractivity contribution in [3.05, 3.63) is 12.7 Å². The fourth-order valence-corrected chi connectivity index (χ4v) is 0.158. The molecule has 0 heterocycles. The quantitative estimate of drug-likeness (QED) is 0.456. The Morgan fingerprint density at radius 3 is 2.60 bits per heavy atom. The van der Waals surface area contributed by atoms with E-state index in [4.69, 9.17) is 0 Å². The molecule has 0 aliphatic carbocycles. The van der Waals surface area contributed by atoms with Gasteiger partial charge in [0.25, 0.3) is 0 Å². The van der Waals surface area contributed by atoms with Crippen LogP contribution < -0.4 is 0 Å². The molecule has 0 amide bonds. The molecule has 0 atom stereocenters. The van der Waals surface area contributed by atoms with Gasteiger partial charge in [-0.3, -0.25) is 0 Å².